The summed E-state index contributed by atoms with van der Waals surface area (Å²) in [6, 6.07) is 8.69. The lowest BCUT2D eigenvalue weighted by Crippen LogP contribution is -2.22. The van der Waals surface area contributed by atoms with E-state index in [2.05, 4.69) is 0 Å². The van der Waals surface area contributed by atoms with Crippen LogP contribution in [0.2, 0.25) is 0 Å². The summed E-state index contributed by atoms with van der Waals surface area (Å²) in [5.74, 6) is -0.710. The Balaban J connectivity index is 2.36. The van der Waals surface area contributed by atoms with Crippen LogP contribution < -0.4 is 0 Å². The van der Waals surface area contributed by atoms with Crippen LogP contribution in [0, 0.1) is 0 Å². The molecule has 0 spiro atoms. The van der Waals surface area contributed by atoms with Gasteiger partial charge in [-0.1, -0.05) is 25.1 Å². The molecule has 0 saturated heterocycles. The predicted octanol–water partition coefficient (Wildman–Crippen LogP) is 2.19. The molecule has 4 nitrogen and oxygen atoms in total. The van der Waals surface area contributed by atoms with E-state index in [9.17, 15) is 9.59 Å². The molecule has 0 fully saturated rings. The molecular formula is C13H16O4. The number of hydrogen-bond acceptors (Lipinski definition) is 4. The highest BCUT2D eigenvalue weighted by atomic mass is 16.6. The minimum Gasteiger partial charge on any atom is -0.459 e. The van der Waals surface area contributed by atoms with Gasteiger partial charge in [0.1, 0.15) is 12.7 Å². The van der Waals surface area contributed by atoms with Crippen molar-refractivity contribution in [3.05, 3.63) is 35.9 Å². The van der Waals surface area contributed by atoms with Crippen molar-refractivity contribution >= 4 is 11.9 Å². The summed E-state index contributed by atoms with van der Waals surface area (Å²) in [5, 5.41) is 0. The number of benzene rings is 1. The van der Waals surface area contributed by atoms with Gasteiger partial charge >= 0.3 is 11.9 Å². The van der Waals surface area contributed by atoms with E-state index >= 15 is 0 Å². The Labute approximate surface area is 101 Å². The summed E-state index contributed by atoms with van der Waals surface area (Å²) in [6.07, 6.45) is -0.105. The van der Waals surface area contributed by atoms with Gasteiger partial charge in [-0.15, -0.1) is 0 Å². The van der Waals surface area contributed by atoms with Gasteiger partial charge in [0, 0.05) is 6.42 Å². The molecule has 0 heterocycles. The third-order valence-electron chi connectivity index (χ3n) is 2.08. The first-order valence-corrected chi connectivity index (χ1v) is 5.55. The lowest BCUT2D eigenvalue weighted by atomic mass is 10.2. The zero-order valence-electron chi connectivity index (χ0n) is 10.0. The number of rotatable bonds is 5. The number of esters is 2. The Kier molecular flexibility index (Phi) is 5.20. The van der Waals surface area contributed by atoms with Crippen molar-refractivity contribution in [1.82, 2.24) is 0 Å². The fraction of sp³-hybridized carbons (Fsp3) is 0.385. The van der Waals surface area contributed by atoms with Crippen molar-refractivity contribution in [2.75, 3.05) is 6.61 Å². The van der Waals surface area contributed by atoms with E-state index in [-0.39, 0.29) is 12.6 Å². The molecule has 1 aromatic carbocycles. The standard InChI is InChI=1S/C13H16O4/c1-3-12(14)17-10(2)9-16-13(15)11-7-5-4-6-8-11/h4-8,10H,3,9H2,1-2H3/t10-/m0/s1. The first kappa shape index (κ1) is 13.2. The largest absolute Gasteiger partial charge is 0.459 e. The zero-order valence-corrected chi connectivity index (χ0v) is 10.0. The quantitative estimate of drug-likeness (QED) is 0.735. The molecule has 0 saturated carbocycles. The van der Waals surface area contributed by atoms with Crippen molar-refractivity contribution in [3.8, 4) is 0 Å². The maximum absolute atomic E-state index is 11.5. The second kappa shape index (κ2) is 6.68. The Bertz CT molecular complexity index is 372. The van der Waals surface area contributed by atoms with E-state index in [0.717, 1.165) is 0 Å². The van der Waals surface area contributed by atoms with E-state index < -0.39 is 12.1 Å². The Morgan fingerprint density at radius 1 is 1.24 bits per heavy atom. The highest BCUT2D eigenvalue weighted by Gasteiger charge is 2.11. The van der Waals surface area contributed by atoms with Gasteiger partial charge in [0.05, 0.1) is 5.56 Å². The van der Waals surface area contributed by atoms with Crippen molar-refractivity contribution in [2.24, 2.45) is 0 Å². The molecule has 17 heavy (non-hydrogen) atoms. The number of ether oxygens (including phenoxy) is 2. The van der Waals surface area contributed by atoms with E-state index in [4.69, 9.17) is 9.47 Å². The summed E-state index contributed by atoms with van der Waals surface area (Å²) < 4.78 is 9.99. The van der Waals surface area contributed by atoms with Gasteiger partial charge in [0.25, 0.3) is 0 Å². The lowest BCUT2D eigenvalue weighted by Gasteiger charge is -2.12. The molecule has 0 N–H and O–H groups in total. The third kappa shape index (κ3) is 4.68. The average molecular weight is 236 g/mol. The summed E-state index contributed by atoms with van der Waals surface area (Å²) in [6.45, 7) is 3.47. The predicted molar refractivity (Wildman–Crippen MR) is 62.6 cm³/mol. The van der Waals surface area contributed by atoms with Crippen LogP contribution in [0.4, 0.5) is 0 Å². The molecule has 1 aromatic rings. The van der Waals surface area contributed by atoms with Gasteiger partial charge in [-0.05, 0) is 19.1 Å². The highest BCUT2D eigenvalue weighted by molar-refractivity contribution is 5.89. The van der Waals surface area contributed by atoms with Crippen molar-refractivity contribution in [2.45, 2.75) is 26.4 Å². The molecule has 0 unspecified atom stereocenters. The summed E-state index contributed by atoms with van der Waals surface area (Å²) in [7, 11) is 0. The minimum absolute atomic E-state index is 0.0689. The van der Waals surface area contributed by atoms with Gasteiger partial charge in [-0.25, -0.2) is 4.79 Å². The number of carbonyl (C=O) groups is 2. The van der Waals surface area contributed by atoms with E-state index in [1.165, 1.54) is 0 Å². The molecule has 0 aliphatic carbocycles. The average Bonchev–Trinajstić information content (AvgIpc) is 2.36. The van der Waals surface area contributed by atoms with Gasteiger partial charge in [-0.2, -0.15) is 0 Å². The van der Waals surface area contributed by atoms with E-state index in [1.54, 1.807) is 38.1 Å². The smallest absolute Gasteiger partial charge is 0.338 e. The van der Waals surface area contributed by atoms with Crippen molar-refractivity contribution in [1.29, 1.82) is 0 Å². The summed E-state index contributed by atoms with van der Waals surface area (Å²) in [5.41, 5.74) is 0.488. The zero-order chi connectivity index (χ0) is 12.7. The fourth-order valence-electron chi connectivity index (χ4n) is 1.19. The molecule has 0 radical (unpaired) electrons. The second-order valence-corrected chi connectivity index (χ2v) is 3.62. The molecule has 1 rings (SSSR count). The molecular weight excluding hydrogens is 220 g/mol. The number of hydrogen-bond donors (Lipinski definition) is 0. The van der Waals surface area contributed by atoms with Crippen LogP contribution in [0.1, 0.15) is 30.6 Å². The van der Waals surface area contributed by atoms with Crippen LogP contribution in [0.25, 0.3) is 0 Å². The molecule has 0 aromatic heterocycles. The monoisotopic (exact) mass is 236 g/mol. The van der Waals surface area contributed by atoms with Crippen LogP contribution in [0.3, 0.4) is 0 Å². The molecule has 0 bridgehead atoms. The summed E-state index contributed by atoms with van der Waals surface area (Å²) in [4.78, 5) is 22.5. The normalized spacial score (nSPS) is 11.6. The molecule has 92 valence electrons. The topological polar surface area (TPSA) is 52.6 Å². The Hall–Kier alpha value is -1.84. The summed E-state index contributed by atoms with van der Waals surface area (Å²) >= 11 is 0. The van der Waals surface area contributed by atoms with Gasteiger partial charge in [0.2, 0.25) is 0 Å². The second-order valence-electron chi connectivity index (χ2n) is 3.62. The first-order chi connectivity index (χ1) is 8.13. The van der Waals surface area contributed by atoms with Crippen molar-refractivity contribution < 1.29 is 19.1 Å². The van der Waals surface area contributed by atoms with Crippen LogP contribution >= 0.6 is 0 Å². The minimum atomic E-state index is -0.421. The third-order valence-corrected chi connectivity index (χ3v) is 2.08. The SMILES string of the molecule is CCC(=O)O[C@@H](C)COC(=O)c1ccccc1. The van der Waals surface area contributed by atoms with Crippen LogP contribution in [-0.2, 0) is 14.3 Å². The fourth-order valence-corrected chi connectivity index (χ4v) is 1.19. The van der Waals surface area contributed by atoms with Crippen LogP contribution in [0.15, 0.2) is 30.3 Å². The number of carbonyl (C=O) groups excluding carboxylic acids is 2. The van der Waals surface area contributed by atoms with Gasteiger partial charge in [-0.3, -0.25) is 4.79 Å². The highest BCUT2D eigenvalue weighted by Crippen LogP contribution is 2.03. The van der Waals surface area contributed by atoms with Gasteiger partial charge < -0.3 is 9.47 Å². The maximum Gasteiger partial charge on any atom is 0.338 e. The lowest BCUT2D eigenvalue weighted by molar-refractivity contribution is -0.149. The van der Waals surface area contributed by atoms with Crippen LogP contribution in [-0.4, -0.2) is 24.6 Å². The molecule has 0 aliphatic rings. The van der Waals surface area contributed by atoms with E-state index in [0.29, 0.717) is 12.0 Å². The van der Waals surface area contributed by atoms with Gasteiger partial charge in [0.15, 0.2) is 0 Å². The Morgan fingerprint density at radius 3 is 2.47 bits per heavy atom. The first-order valence-electron chi connectivity index (χ1n) is 5.55. The van der Waals surface area contributed by atoms with E-state index in [1.807, 2.05) is 6.07 Å². The molecule has 0 amide bonds. The van der Waals surface area contributed by atoms with Crippen LogP contribution in [0.5, 0.6) is 0 Å². The Morgan fingerprint density at radius 2 is 1.88 bits per heavy atom. The maximum atomic E-state index is 11.5. The molecule has 4 heteroatoms. The van der Waals surface area contributed by atoms with Crippen molar-refractivity contribution in [3.63, 3.8) is 0 Å². The molecule has 1 atom stereocenters. The molecule has 0 aliphatic heterocycles.